The number of aromatic nitrogens is 2. The van der Waals surface area contributed by atoms with Crippen LogP contribution in [0.15, 0.2) is 30.3 Å². The first-order valence-electron chi connectivity index (χ1n) is 7.43. The summed E-state index contributed by atoms with van der Waals surface area (Å²) in [6, 6.07) is 8.97. The van der Waals surface area contributed by atoms with Gasteiger partial charge in [-0.25, -0.2) is 8.42 Å². The molecular weight excluding hydrogens is 314 g/mol. The molecule has 0 saturated carbocycles. The molecule has 0 spiro atoms. The van der Waals surface area contributed by atoms with Gasteiger partial charge in [-0.05, 0) is 25.8 Å². The first kappa shape index (κ1) is 17.2. The van der Waals surface area contributed by atoms with Crippen LogP contribution in [0, 0.1) is 13.8 Å². The van der Waals surface area contributed by atoms with Gasteiger partial charge in [0, 0.05) is 0 Å². The molecule has 1 aromatic carbocycles. The molecule has 0 aliphatic rings. The Balaban J connectivity index is 2.15. The second-order valence-corrected chi connectivity index (χ2v) is 7.66. The highest BCUT2D eigenvalue weighted by molar-refractivity contribution is 7.92. The van der Waals surface area contributed by atoms with Crippen molar-refractivity contribution in [3.05, 3.63) is 47.3 Å². The number of carbonyl (C=O) groups is 1. The van der Waals surface area contributed by atoms with Crippen molar-refractivity contribution in [2.45, 2.75) is 32.4 Å². The summed E-state index contributed by atoms with van der Waals surface area (Å²) in [6.45, 7) is 5.31. The van der Waals surface area contributed by atoms with Crippen LogP contribution in [-0.4, -0.2) is 30.3 Å². The first-order chi connectivity index (χ1) is 10.8. The Kier molecular flexibility index (Phi) is 5.20. The van der Waals surface area contributed by atoms with Gasteiger partial charge in [0.1, 0.15) is 5.75 Å². The molecule has 2 aromatic rings. The summed E-state index contributed by atoms with van der Waals surface area (Å²) in [5, 5.41) is 8.68. The molecule has 1 unspecified atom stereocenters. The van der Waals surface area contributed by atoms with Gasteiger partial charge in [-0.15, -0.1) is 0 Å². The van der Waals surface area contributed by atoms with E-state index in [4.69, 9.17) is 0 Å². The van der Waals surface area contributed by atoms with E-state index in [0.717, 1.165) is 0 Å². The molecule has 1 heterocycles. The Hall–Kier alpha value is -2.15. The maximum Gasteiger partial charge on any atom is 0.239 e. The quantitative estimate of drug-likeness (QED) is 0.848. The van der Waals surface area contributed by atoms with Gasteiger partial charge in [0.2, 0.25) is 5.91 Å². The van der Waals surface area contributed by atoms with Gasteiger partial charge < -0.3 is 5.32 Å². The molecule has 0 saturated heterocycles. The standard InChI is InChI=1S/C16H21N3O3S/c1-4-14(13-8-6-5-7-9-13)23(21,22)10-15(20)17-16-11(2)18-19-12(16)3/h5-9,14H,4,10H2,1-3H3,(H,17,20)(H,18,19). The van der Waals surface area contributed by atoms with Crippen LogP contribution in [0.25, 0.3) is 0 Å². The molecule has 23 heavy (non-hydrogen) atoms. The summed E-state index contributed by atoms with van der Waals surface area (Å²) in [4.78, 5) is 12.2. The van der Waals surface area contributed by atoms with Crippen LogP contribution in [0.2, 0.25) is 0 Å². The van der Waals surface area contributed by atoms with E-state index in [-0.39, 0.29) is 0 Å². The highest BCUT2D eigenvalue weighted by Gasteiger charge is 2.28. The van der Waals surface area contributed by atoms with Crippen molar-refractivity contribution in [2.24, 2.45) is 0 Å². The lowest BCUT2D eigenvalue weighted by Crippen LogP contribution is -2.27. The molecule has 0 fully saturated rings. The van der Waals surface area contributed by atoms with E-state index < -0.39 is 26.7 Å². The number of aryl methyl sites for hydroxylation is 2. The number of aromatic amines is 1. The molecule has 1 atom stereocenters. The minimum Gasteiger partial charge on any atom is -0.322 e. The summed E-state index contributed by atoms with van der Waals surface area (Å²) < 4.78 is 25.2. The maximum atomic E-state index is 12.6. The van der Waals surface area contributed by atoms with Crippen LogP contribution < -0.4 is 5.32 Å². The van der Waals surface area contributed by atoms with Crippen molar-refractivity contribution in [1.82, 2.24) is 10.2 Å². The Morgan fingerprint density at radius 3 is 2.43 bits per heavy atom. The first-order valence-corrected chi connectivity index (χ1v) is 9.14. The van der Waals surface area contributed by atoms with E-state index >= 15 is 0 Å². The van der Waals surface area contributed by atoms with Crippen molar-refractivity contribution in [3.63, 3.8) is 0 Å². The van der Waals surface area contributed by atoms with Crippen molar-refractivity contribution in [3.8, 4) is 0 Å². The lowest BCUT2D eigenvalue weighted by molar-refractivity contribution is -0.113. The molecule has 2 rings (SSSR count). The number of amides is 1. The van der Waals surface area contributed by atoms with Crippen molar-refractivity contribution in [1.29, 1.82) is 0 Å². The molecule has 6 nitrogen and oxygen atoms in total. The number of H-pyrrole nitrogens is 1. The lowest BCUT2D eigenvalue weighted by Gasteiger charge is -2.16. The smallest absolute Gasteiger partial charge is 0.239 e. The largest absolute Gasteiger partial charge is 0.322 e. The third-order valence-electron chi connectivity index (χ3n) is 3.70. The van der Waals surface area contributed by atoms with Crippen LogP contribution in [0.5, 0.6) is 0 Å². The minimum atomic E-state index is -3.60. The van der Waals surface area contributed by atoms with Gasteiger partial charge in [0.15, 0.2) is 9.84 Å². The van der Waals surface area contributed by atoms with Gasteiger partial charge in [-0.3, -0.25) is 9.89 Å². The highest BCUT2D eigenvalue weighted by Crippen LogP contribution is 2.26. The zero-order chi connectivity index (χ0) is 17.0. The van der Waals surface area contributed by atoms with Crippen molar-refractivity contribution in [2.75, 3.05) is 11.1 Å². The van der Waals surface area contributed by atoms with Gasteiger partial charge in [0.25, 0.3) is 0 Å². The third kappa shape index (κ3) is 3.98. The molecule has 124 valence electrons. The maximum absolute atomic E-state index is 12.6. The summed E-state index contributed by atoms with van der Waals surface area (Å²) in [7, 11) is -3.60. The van der Waals surface area contributed by atoms with Crippen LogP contribution >= 0.6 is 0 Å². The molecule has 0 aliphatic heterocycles. The fourth-order valence-corrected chi connectivity index (χ4v) is 4.28. The molecule has 7 heteroatoms. The number of nitrogens with zero attached hydrogens (tertiary/aromatic N) is 1. The van der Waals surface area contributed by atoms with E-state index in [0.29, 0.717) is 29.1 Å². The fraction of sp³-hybridized carbons (Fsp3) is 0.375. The number of hydrogen-bond donors (Lipinski definition) is 2. The highest BCUT2D eigenvalue weighted by atomic mass is 32.2. The Morgan fingerprint density at radius 2 is 1.91 bits per heavy atom. The molecule has 2 N–H and O–H groups in total. The number of nitrogens with one attached hydrogen (secondary N) is 2. The van der Waals surface area contributed by atoms with Crippen LogP contribution in [0.3, 0.4) is 0 Å². The number of sulfone groups is 1. The van der Waals surface area contributed by atoms with E-state index in [1.165, 1.54) is 0 Å². The number of rotatable bonds is 6. The lowest BCUT2D eigenvalue weighted by atomic mass is 10.1. The average Bonchev–Trinajstić information content (AvgIpc) is 2.80. The van der Waals surface area contributed by atoms with Gasteiger partial charge in [-0.2, -0.15) is 5.10 Å². The van der Waals surface area contributed by atoms with E-state index in [9.17, 15) is 13.2 Å². The normalized spacial score (nSPS) is 12.8. The molecule has 0 aliphatic carbocycles. The Bertz CT molecular complexity index is 763. The second kappa shape index (κ2) is 6.95. The summed E-state index contributed by atoms with van der Waals surface area (Å²) in [6.07, 6.45) is 0.420. The van der Waals surface area contributed by atoms with Crippen molar-refractivity contribution < 1.29 is 13.2 Å². The van der Waals surface area contributed by atoms with Crippen LogP contribution in [-0.2, 0) is 14.6 Å². The second-order valence-electron chi connectivity index (χ2n) is 5.47. The van der Waals surface area contributed by atoms with E-state index in [1.54, 1.807) is 45.0 Å². The topological polar surface area (TPSA) is 91.9 Å². The van der Waals surface area contributed by atoms with Crippen LogP contribution in [0.1, 0.15) is 35.5 Å². The number of carbonyl (C=O) groups excluding carboxylic acids is 1. The number of benzene rings is 1. The van der Waals surface area contributed by atoms with Crippen molar-refractivity contribution >= 4 is 21.4 Å². The van der Waals surface area contributed by atoms with Gasteiger partial charge >= 0.3 is 0 Å². The molecule has 1 aromatic heterocycles. The molecule has 0 radical (unpaired) electrons. The fourth-order valence-electron chi connectivity index (χ4n) is 2.56. The third-order valence-corrected chi connectivity index (χ3v) is 5.84. The van der Waals surface area contributed by atoms with Gasteiger partial charge in [-0.1, -0.05) is 37.3 Å². The SMILES string of the molecule is CCC(c1ccccc1)S(=O)(=O)CC(=O)Nc1c(C)n[nH]c1C. The number of hydrogen-bond acceptors (Lipinski definition) is 4. The summed E-state index contributed by atoms with van der Waals surface area (Å²) in [5.41, 5.74) is 2.57. The van der Waals surface area contributed by atoms with Gasteiger partial charge in [0.05, 0.1) is 22.3 Å². The molecule has 0 bridgehead atoms. The van der Waals surface area contributed by atoms with Crippen LogP contribution in [0.4, 0.5) is 5.69 Å². The zero-order valence-electron chi connectivity index (χ0n) is 13.5. The molecular formula is C16H21N3O3S. The number of anilines is 1. The Labute approximate surface area is 136 Å². The Morgan fingerprint density at radius 1 is 1.26 bits per heavy atom. The summed E-state index contributed by atoms with van der Waals surface area (Å²) >= 11 is 0. The molecule has 1 amide bonds. The van der Waals surface area contributed by atoms with E-state index in [2.05, 4.69) is 15.5 Å². The zero-order valence-corrected chi connectivity index (χ0v) is 14.3. The van der Waals surface area contributed by atoms with E-state index in [1.807, 2.05) is 6.07 Å². The minimum absolute atomic E-state index is 0.420. The summed E-state index contributed by atoms with van der Waals surface area (Å²) in [5.74, 6) is -1.10. The predicted molar refractivity (Wildman–Crippen MR) is 90.0 cm³/mol. The monoisotopic (exact) mass is 335 g/mol. The predicted octanol–water partition coefficient (Wildman–Crippen LogP) is 2.53. The average molecular weight is 335 g/mol.